The van der Waals surface area contributed by atoms with E-state index in [4.69, 9.17) is 4.74 Å². The minimum atomic E-state index is -0.318. The van der Waals surface area contributed by atoms with Gasteiger partial charge >= 0.3 is 0 Å². The summed E-state index contributed by atoms with van der Waals surface area (Å²) in [6.07, 6.45) is 0.105. The number of benzene rings is 1. The predicted octanol–water partition coefficient (Wildman–Crippen LogP) is 1.94. The van der Waals surface area contributed by atoms with Crippen LogP contribution >= 0.6 is 15.9 Å². The third-order valence-corrected chi connectivity index (χ3v) is 2.57. The number of halogens is 2. The normalized spacial score (nSPS) is 16.8. The molecular weight excluding hydrogens is 237 g/mol. The monoisotopic (exact) mass is 245 g/mol. The van der Waals surface area contributed by atoms with E-state index in [0.29, 0.717) is 10.2 Å². The van der Waals surface area contributed by atoms with Gasteiger partial charge < -0.3 is 10.1 Å². The van der Waals surface area contributed by atoms with E-state index in [9.17, 15) is 4.39 Å². The van der Waals surface area contributed by atoms with Gasteiger partial charge in [0.25, 0.3) is 0 Å². The fourth-order valence-corrected chi connectivity index (χ4v) is 1.54. The Balaban J connectivity index is 2.17. The maximum Gasteiger partial charge on any atom is 0.169 e. The fourth-order valence-electron chi connectivity index (χ4n) is 1.11. The zero-order chi connectivity index (χ0) is 9.26. The average molecular weight is 246 g/mol. The summed E-state index contributed by atoms with van der Waals surface area (Å²) in [6, 6.07) is 4.81. The molecular formula is C9H9BrFNO. The third kappa shape index (κ3) is 1.84. The largest absolute Gasteiger partial charge is 0.483 e. The number of para-hydroxylation sites is 1. The summed E-state index contributed by atoms with van der Waals surface area (Å²) >= 11 is 3.24. The SMILES string of the molecule is Fc1cccc(Br)c1OC1CNC1. The number of hydrogen-bond acceptors (Lipinski definition) is 2. The maximum absolute atomic E-state index is 13.2. The van der Waals surface area contributed by atoms with E-state index >= 15 is 0 Å². The van der Waals surface area contributed by atoms with E-state index < -0.39 is 0 Å². The Kier molecular flexibility index (Phi) is 2.51. The van der Waals surface area contributed by atoms with E-state index in [0.717, 1.165) is 13.1 Å². The molecule has 1 aliphatic rings. The van der Waals surface area contributed by atoms with Crippen LogP contribution in [0.15, 0.2) is 22.7 Å². The van der Waals surface area contributed by atoms with Gasteiger partial charge in [0.15, 0.2) is 11.6 Å². The average Bonchev–Trinajstić information content (AvgIpc) is 2.00. The first kappa shape index (κ1) is 8.97. The summed E-state index contributed by atoms with van der Waals surface area (Å²) in [4.78, 5) is 0. The van der Waals surface area contributed by atoms with Crippen molar-refractivity contribution >= 4 is 15.9 Å². The molecule has 1 saturated heterocycles. The molecule has 1 aliphatic heterocycles. The van der Waals surface area contributed by atoms with Crippen LogP contribution in [0.25, 0.3) is 0 Å². The van der Waals surface area contributed by atoms with Crippen LogP contribution in [0.4, 0.5) is 4.39 Å². The molecule has 1 aromatic carbocycles. The molecule has 13 heavy (non-hydrogen) atoms. The van der Waals surface area contributed by atoms with Crippen molar-refractivity contribution in [3.05, 3.63) is 28.5 Å². The highest BCUT2D eigenvalue weighted by Crippen LogP contribution is 2.28. The number of hydrogen-bond donors (Lipinski definition) is 1. The van der Waals surface area contributed by atoms with Crippen LogP contribution in [0.1, 0.15) is 0 Å². The first-order chi connectivity index (χ1) is 6.27. The van der Waals surface area contributed by atoms with E-state index in [-0.39, 0.29) is 11.9 Å². The lowest BCUT2D eigenvalue weighted by Gasteiger charge is -2.28. The second kappa shape index (κ2) is 3.64. The van der Waals surface area contributed by atoms with Crippen molar-refractivity contribution in [3.8, 4) is 5.75 Å². The van der Waals surface area contributed by atoms with Crippen molar-refractivity contribution in [1.29, 1.82) is 0 Å². The molecule has 0 aliphatic carbocycles. The zero-order valence-corrected chi connectivity index (χ0v) is 8.47. The molecule has 0 bridgehead atoms. The summed E-state index contributed by atoms with van der Waals surface area (Å²) in [7, 11) is 0. The van der Waals surface area contributed by atoms with Gasteiger partial charge in [-0.05, 0) is 28.1 Å². The van der Waals surface area contributed by atoms with Crippen LogP contribution in [0.2, 0.25) is 0 Å². The van der Waals surface area contributed by atoms with Crippen molar-refractivity contribution in [2.24, 2.45) is 0 Å². The Morgan fingerprint density at radius 1 is 1.46 bits per heavy atom. The molecule has 2 nitrogen and oxygen atoms in total. The van der Waals surface area contributed by atoms with E-state index in [1.165, 1.54) is 6.07 Å². The van der Waals surface area contributed by atoms with Crippen molar-refractivity contribution in [1.82, 2.24) is 5.32 Å². The van der Waals surface area contributed by atoms with Crippen LogP contribution in [0.5, 0.6) is 5.75 Å². The molecule has 1 heterocycles. The highest BCUT2D eigenvalue weighted by atomic mass is 79.9. The Morgan fingerprint density at radius 2 is 2.23 bits per heavy atom. The van der Waals surface area contributed by atoms with Crippen LogP contribution in [0, 0.1) is 5.82 Å². The second-order valence-electron chi connectivity index (χ2n) is 2.95. The van der Waals surface area contributed by atoms with Gasteiger partial charge in [-0.25, -0.2) is 4.39 Å². The number of ether oxygens (including phenoxy) is 1. The van der Waals surface area contributed by atoms with Crippen molar-refractivity contribution in [2.45, 2.75) is 6.10 Å². The molecule has 0 unspecified atom stereocenters. The first-order valence-electron chi connectivity index (χ1n) is 4.09. The smallest absolute Gasteiger partial charge is 0.169 e. The highest BCUT2D eigenvalue weighted by Gasteiger charge is 2.20. The Bertz CT molecular complexity index is 294. The van der Waals surface area contributed by atoms with Gasteiger partial charge in [0.2, 0.25) is 0 Å². The molecule has 0 atom stereocenters. The zero-order valence-electron chi connectivity index (χ0n) is 6.89. The first-order valence-corrected chi connectivity index (χ1v) is 4.88. The standard InChI is InChI=1S/C9H9BrFNO/c10-7-2-1-3-8(11)9(7)13-6-4-12-5-6/h1-3,6,12H,4-5H2. The summed E-state index contributed by atoms with van der Waals surface area (Å²) in [5.74, 6) is -0.00437. The summed E-state index contributed by atoms with van der Waals surface area (Å²) in [6.45, 7) is 1.58. The third-order valence-electron chi connectivity index (χ3n) is 1.95. The second-order valence-corrected chi connectivity index (χ2v) is 3.80. The van der Waals surface area contributed by atoms with Gasteiger partial charge in [-0.2, -0.15) is 0 Å². The van der Waals surface area contributed by atoms with E-state index in [1.807, 2.05) is 0 Å². The molecule has 0 saturated carbocycles. The van der Waals surface area contributed by atoms with Gasteiger partial charge in [0.05, 0.1) is 4.47 Å². The quantitative estimate of drug-likeness (QED) is 0.860. The van der Waals surface area contributed by atoms with Crippen molar-refractivity contribution in [3.63, 3.8) is 0 Å². The van der Waals surface area contributed by atoms with E-state index in [2.05, 4.69) is 21.2 Å². The van der Waals surface area contributed by atoms with Crippen molar-refractivity contribution in [2.75, 3.05) is 13.1 Å². The van der Waals surface area contributed by atoms with Crippen LogP contribution in [0.3, 0.4) is 0 Å². The molecule has 0 radical (unpaired) electrons. The Labute approximate surface area is 84.2 Å². The van der Waals surface area contributed by atoms with Gasteiger partial charge in [0, 0.05) is 13.1 Å². The van der Waals surface area contributed by atoms with Gasteiger partial charge in [-0.1, -0.05) is 6.07 Å². The minimum Gasteiger partial charge on any atom is -0.483 e. The van der Waals surface area contributed by atoms with Crippen molar-refractivity contribution < 1.29 is 9.13 Å². The van der Waals surface area contributed by atoms with Crippen LogP contribution < -0.4 is 10.1 Å². The lowest BCUT2D eigenvalue weighted by molar-refractivity contribution is 0.135. The Morgan fingerprint density at radius 3 is 2.77 bits per heavy atom. The minimum absolute atomic E-state index is 0.105. The molecule has 1 N–H and O–H groups in total. The maximum atomic E-state index is 13.2. The summed E-state index contributed by atoms with van der Waals surface area (Å²) in [5.41, 5.74) is 0. The van der Waals surface area contributed by atoms with E-state index in [1.54, 1.807) is 12.1 Å². The lowest BCUT2D eigenvalue weighted by Crippen LogP contribution is -2.50. The van der Waals surface area contributed by atoms with Crippen LogP contribution in [-0.4, -0.2) is 19.2 Å². The molecule has 0 amide bonds. The van der Waals surface area contributed by atoms with Gasteiger partial charge in [0.1, 0.15) is 6.10 Å². The van der Waals surface area contributed by atoms with Gasteiger partial charge in [-0.15, -0.1) is 0 Å². The van der Waals surface area contributed by atoms with Gasteiger partial charge in [-0.3, -0.25) is 0 Å². The molecule has 0 aromatic heterocycles. The molecule has 70 valence electrons. The lowest BCUT2D eigenvalue weighted by atomic mass is 10.2. The number of rotatable bonds is 2. The Hall–Kier alpha value is -0.610. The predicted molar refractivity (Wildman–Crippen MR) is 51.4 cm³/mol. The summed E-state index contributed by atoms with van der Waals surface area (Å²) in [5, 5.41) is 3.06. The number of nitrogens with one attached hydrogen (secondary N) is 1. The highest BCUT2D eigenvalue weighted by molar-refractivity contribution is 9.10. The fraction of sp³-hybridized carbons (Fsp3) is 0.333. The molecule has 4 heteroatoms. The molecule has 1 aromatic rings. The topological polar surface area (TPSA) is 21.3 Å². The molecule has 1 fully saturated rings. The summed E-state index contributed by atoms with van der Waals surface area (Å²) < 4.78 is 19.3. The van der Waals surface area contributed by atoms with Crippen LogP contribution in [-0.2, 0) is 0 Å². The molecule has 2 rings (SSSR count). The molecule has 0 spiro atoms.